The molecular weight excluding hydrogens is 314 g/mol. The van der Waals surface area contributed by atoms with Crippen molar-refractivity contribution >= 4 is 22.6 Å². The predicted octanol–water partition coefficient (Wildman–Crippen LogP) is 5.03. The first-order valence-electron chi connectivity index (χ1n) is 8.62. The quantitative estimate of drug-likeness (QED) is 0.607. The van der Waals surface area contributed by atoms with Gasteiger partial charge in [0, 0.05) is 30.3 Å². The molecule has 25 heavy (non-hydrogen) atoms. The maximum absolute atomic E-state index is 13.3. The van der Waals surface area contributed by atoms with Crippen LogP contribution in [0.4, 0.5) is 5.69 Å². The van der Waals surface area contributed by atoms with Gasteiger partial charge >= 0.3 is 0 Å². The number of carbonyl (C=O) groups excluding carboxylic acids is 1. The molecule has 3 rings (SSSR count). The van der Waals surface area contributed by atoms with Gasteiger partial charge in [-0.3, -0.25) is 4.79 Å². The average molecular weight is 337 g/mol. The zero-order valence-electron chi connectivity index (χ0n) is 14.7. The number of unbranched alkanes of at least 4 members (excludes halogenated alkanes) is 1. The van der Waals surface area contributed by atoms with E-state index in [9.17, 15) is 4.79 Å². The van der Waals surface area contributed by atoms with E-state index in [4.69, 9.17) is 9.15 Å². The summed E-state index contributed by atoms with van der Waals surface area (Å²) in [6.07, 6.45) is 1.95. The smallest absolute Gasteiger partial charge is 0.294 e. The molecule has 4 heteroatoms. The fourth-order valence-electron chi connectivity index (χ4n) is 2.95. The van der Waals surface area contributed by atoms with Gasteiger partial charge in [-0.15, -0.1) is 0 Å². The van der Waals surface area contributed by atoms with Crippen LogP contribution in [0.1, 0.15) is 35.9 Å². The molecule has 0 spiro atoms. The molecule has 1 amide bonds. The molecule has 0 radical (unpaired) electrons. The van der Waals surface area contributed by atoms with Gasteiger partial charge in [-0.05, 0) is 24.6 Å². The van der Waals surface area contributed by atoms with Gasteiger partial charge in [-0.1, -0.05) is 49.7 Å². The number of methoxy groups -OCH3 is 1. The maximum atomic E-state index is 13.3. The molecule has 1 aromatic heterocycles. The summed E-state index contributed by atoms with van der Waals surface area (Å²) in [6, 6.07) is 17.4. The Hall–Kier alpha value is -2.59. The summed E-state index contributed by atoms with van der Waals surface area (Å²) in [5.41, 5.74) is 2.40. The van der Waals surface area contributed by atoms with Crippen LogP contribution in [0.3, 0.4) is 0 Å². The Morgan fingerprint density at radius 3 is 2.52 bits per heavy atom. The van der Waals surface area contributed by atoms with E-state index in [2.05, 4.69) is 6.92 Å². The highest BCUT2D eigenvalue weighted by Gasteiger charge is 2.25. The van der Waals surface area contributed by atoms with E-state index in [-0.39, 0.29) is 5.91 Å². The number of rotatable bonds is 7. The Labute approximate surface area is 148 Å². The van der Waals surface area contributed by atoms with Crippen LogP contribution in [-0.4, -0.2) is 19.6 Å². The number of hydrogen-bond donors (Lipinski definition) is 0. The summed E-state index contributed by atoms with van der Waals surface area (Å²) < 4.78 is 11.2. The second-order valence-electron chi connectivity index (χ2n) is 5.98. The Morgan fingerprint density at radius 1 is 1.08 bits per heavy atom. The molecule has 0 bridgehead atoms. The van der Waals surface area contributed by atoms with Crippen LogP contribution >= 0.6 is 0 Å². The summed E-state index contributed by atoms with van der Waals surface area (Å²) in [5.74, 6) is 0.242. The first kappa shape index (κ1) is 17.2. The van der Waals surface area contributed by atoms with Crippen molar-refractivity contribution in [1.29, 1.82) is 0 Å². The fourth-order valence-corrected chi connectivity index (χ4v) is 2.95. The van der Waals surface area contributed by atoms with Crippen LogP contribution in [0.15, 0.2) is 59.0 Å². The summed E-state index contributed by atoms with van der Waals surface area (Å²) >= 11 is 0. The van der Waals surface area contributed by atoms with Gasteiger partial charge in [0.2, 0.25) is 0 Å². The molecule has 0 aliphatic heterocycles. The average Bonchev–Trinajstić information content (AvgIpc) is 3.02. The van der Waals surface area contributed by atoms with E-state index in [1.807, 2.05) is 54.6 Å². The van der Waals surface area contributed by atoms with Crippen molar-refractivity contribution in [3.63, 3.8) is 0 Å². The molecule has 0 aliphatic rings. The molecule has 0 N–H and O–H groups in total. The topological polar surface area (TPSA) is 42.7 Å². The number of furan rings is 1. The highest BCUT2D eigenvalue weighted by atomic mass is 16.5. The second kappa shape index (κ2) is 7.99. The number of nitrogens with zero attached hydrogens (tertiary/aromatic N) is 1. The van der Waals surface area contributed by atoms with Gasteiger partial charge < -0.3 is 14.1 Å². The van der Waals surface area contributed by atoms with E-state index in [1.54, 1.807) is 12.0 Å². The number of hydrogen-bond acceptors (Lipinski definition) is 3. The number of anilines is 1. The Kier molecular flexibility index (Phi) is 5.51. The lowest BCUT2D eigenvalue weighted by Crippen LogP contribution is -2.32. The molecule has 2 aromatic carbocycles. The van der Waals surface area contributed by atoms with Crippen LogP contribution in [0.5, 0.6) is 0 Å². The van der Waals surface area contributed by atoms with Crippen LogP contribution in [0, 0.1) is 0 Å². The number of para-hydroxylation sites is 2. The molecule has 0 saturated carbocycles. The maximum Gasteiger partial charge on any atom is 0.294 e. The molecule has 0 atom stereocenters. The lowest BCUT2D eigenvalue weighted by molar-refractivity contribution is 0.0955. The van der Waals surface area contributed by atoms with Crippen molar-refractivity contribution < 1.29 is 13.9 Å². The van der Waals surface area contributed by atoms with Crippen LogP contribution in [0.25, 0.3) is 11.0 Å². The van der Waals surface area contributed by atoms with Gasteiger partial charge in [0.1, 0.15) is 5.58 Å². The first-order chi connectivity index (χ1) is 12.3. The van der Waals surface area contributed by atoms with E-state index in [0.29, 0.717) is 24.5 Å². The highest BCUT2D eigenvalue weighted by Crippen LogP contribution is 2.29. The lowest BCUT2D eigenvalue weighted by Gasteiger charge is -2.22. The SMILES string of the molecule is CCCCN(C(=O)c1oc2ccccc2c1COC)c1ccccc1. The fraction of sp³-hybridized carbons (Fsp3) is 0.286. The molecule has 0 saturated heterocycles. The van der Waals surface area contributed by atoms with Gasteiger partial charge in [-0.25, -0.2) is 0 Å². The van der Waals surface area contributed by atoms with Crippen molar-refractivity contribution in [3.8, 4) is 0 Å². The number of benzene rings is 2. The summed E-state index contributed by atoms with van der Waals surface area (Å²) in [6.45, 7) is 3.11. The summed E-state index contributed by atoms with van der Waals surface area (Å²) in [5, 5.41) is 0.927. The van der Waals surface area contributed by atoms with Gasteiger partial charge in [0.25, 0.3) is 5.91 Å². The molecular formula is C21H23NO3. The second-order valence-corrected chi connectivity index (χ2v) is 5.98. The molecule has 0 aliphatic carbocycles. The van der Waals surface area contributed by atoms with Crippen molar-refractivity contribution in [2.75, 3.05) is 18.6 Å². The van der Waals surface area contributed by atoms with Gasteiger partial charge in [0.15, 0.2) is 5.76 Å². The minimum atomic E-state index is -0.122. The molecule has 3 aromatic rings. The van der Waals surface area contributed by atoms with E-state index in [1.165, 1.54) is 0 Å². The number of ether oxygens (including phenoxy) is 1. The van der Waals surface area contributed by atoms with Crippen LogP contribution in [0.2, 0.25) is 0 Å². The molecule has 1 heterocycles. The zero-order valence-corrected chi connectivity index (χ0v) is 14.7. The standard InChI is InChI=1S/C21H23NO3/c1-3-4-14-22(16-10-6-5-7-11-16)21(23)20-18(15-24-2)17-12-8-9-13-19(17)25-20/h5-13H,3-4,14-15H2,1-2H3. The van der Waals surface area contributed by atoms with Crippen molar-refractivity contribution in [2.45, 2.75) is 26.4 Å². The van der Waals surface area contributed by atoms with Crippen molar-refractivity contribution in [2.24, 2.45) is 0 Å². The number of carbonyl (C=O) groups is 1. The van der Waals surface area contributed by atoms with E-state index < -0.39 is 0 Å². The minimum absolute atomic E-state index is 0.122. The normalized spacial score (nSPS) is 11.0. The largest absolute Gasteiger partial charge is 0.450 e. The molecule has 4 nitrogen and oxygen atoms in total. The lowest BCUT2D eigenvalue weighted by atomic mass is 10.1. The Morgan fingerprint density at radius 2 is 1.80 bits per heavy atom. The van der Waals surface area contributed by atoms with Crippen LogP contribution < -0.4 is 4.90 Å². The van der Waals surface area contributed by atoms with Crippen LogP contribution in [-0.2, 0) is 11.3 Å². The first-order valence-corrected chi connectivity index (χ1v) is 8.62. The Bertz CT molecular complexity index is 839. The molecule has 130 valence electrons. The molecule has 0 unspecified atom stereocenters. The van der Waals surface area contributed by atoms with Crippen molar-refractivity contribution in [3.05, 3.63) is 65.9 Å². The van der Waals surface area contributed by atoms with E-state index >= 15 is 0 Å². The highest BCUT2D eigenvalue weighted by molar-refractivity contribution is 6.08. The summed E-state index contributed by atoms with van der Waals surface area (Å²) in [4.78, 5) is 15.1. The number of fused-ring (bicyclic) bond motifs is 1. The molecule has 0 fully saturated rings. The minimum Gasteiger partial charge on any atom is -0.450 e. The third-order valence-corrected chi connectivity index (χ3v) is 4.23. The predicted molar refractivity (Wildman–Crippen MR) is 100.0 cm³/mol. The third-order valence-electron chi connectivity index (χ3n) is 4.23. The zero-order chi connectivity index (χ0) is 17.6. The van der Waals surface area contributed by atoms with E-state index in [0.717, 1.165) is 29.5 Å². The Balaban J connectivity index is 2.04. The van der Waals surface area contributed by atoms with Gasteiger partial charge in [-0.2, -0.15) is 0 Å². The number of amides is 1. The van der Waals surface area contributed by atoms with Crippen molar-refractivity contribution in [1.82, 2.24) is 0 Å². The summed E-state index contributed by atoms with van der Waals surface area (Å²) in [7, 11) is 1.63. The van der Waals surface area contributed by atoms with Gasteiger partial charge in [0.05, 0.1) is 6.61 Å². The monoisotopic (exact) mass is 337 g/mol. The third kappa shape index (κ3) is 3.59.